The van der Waals surface area contributed by atoms with Crippen LogP contribution in [0.25, 0.3) is 0 Å². The van der Waals surface area contributed by atoms with Crippen molar-refractivity contribution in [3.8, 4) is 0 Å². The van der Waals surface area contributed by atoms with Crippen LogP contribution in [0.1, 0.15) is 33.1 Å². The Hall–Kier alpha value is -0.780. The van der Waals surface area contributed by atoms with Gasteiger partial charge in [-0.3, -0.25) is 4.79 Å². The van der Waals surface area contributed by atoms with Crippen molar-refractivity contribution in [1.82, 2.24) is 5.32 Å². The quantitative estimate of drug-likeness (QED) is 0.841. The molecule has 0 aromatic heterocycles. The average molecular weight is 277 g/mol. The highest BCUT2D eigenvalue weighted by Crippen LogP contribution is 2.74. The van der Waals surface area contributed by atoms with Gasteiger partial charge in [0.05, 0.1) is 6.61 Å². The van der Waals surface area contributed by atoms with Crippen molar-refractivity contribution in [1.29, 1.82) is 0 Å². The second-order valence-electron chi connectivity index (χ2n) is 6.60. The molecule has 1 amide bonds. The van der Waals surface area contributed by atoms with E-state index in [-0.39, 0.29) is 10.8 Å². The molecule has 0 spiro atoms. The molecule has 3 rings (SSSR count). The molecule has 108 valence electrons. The predicted octanol–water partition coefficient (Wildman–Crippen LogP) is 2.26. The Bertz CT molecular complexity index is 438. The van der Waals surface area contributed by atoms with Gasteiger partial charge in [0.15, 0.2) is 5.60 Å². The minimum atomic E-state index is -4.38. The summed E-state index contributed by atoms with van der Waals surface area (Å²) in [5.74, 6) is -0.193. The summed E-state index contributed by atoms with van der Waals surface area (Å²) in [4.78, 5) is 12.3. The molecule has 0 aromatic carbocycles. The van der Waals surface area contributed by atoms with Crippen molar-refractivity contribution in [2.75, 3.05) is 13.2 Å². The Kier molecular flexibility index (Phi) is 2.40. The number of carbonyl (C=O) groups is 1. The highest BCUT2D eigenvalue weighted by Gasteiger charge is 2.78. The fraction of sp³-hybridized carbons (Fsp3) is 0.923. The van der Waals surface area contributed by atoms with E-state index in [2.05, 4.69) is 6.92 Å². The van der Waals surface area contributed by atoms with E-state index in [9.17, 15) is 18.0 Å². The molecular formula is C13H18F3NO2. The number of halogens is 3. The van der Waals surface area contributed by atoms with Crippen LogP contribution in [0, 0.1) is 16.7 Å². The summed E-state index contributed by atoms with van der Waals surface area (Å²) in [7, 11) is 0. The third kappa shape index (κ3) is 1.41. The molecule has 6 heteroatoms. The summed E-state index contributed by atoms with van der Waals surface area (Å²) in [6, 6.07) is 0. The van der Waals surface area contributed by atoms with Crippen LogP contribution < -0.4 is 5.32 Å². The number of ether oxygens (including phenoxy) is 1. The largest absolute Gasteiger partial charge is 0.405 e. The molecule has 0 unspecified atom stereocenters. The van der Waals surface area contributed by atoms with Crippen LogP contribution in [0.4, 0.5) is 13.2 Å². The molecule has 3 aliphatic rings. The van der Waals surface area contributed by atoms with Gasteiger partial charge in [0, 0.05) is 10.8 Å². The lowest BCUT2D eigenvalue weighted by atomic mass is 9.66. The molecule has 4 bridgehead atoms. The van der Waals surface area contributed by atoms with E-state index in [0.29, 0.717) is 18.9 Å². The normalized spacial score (nSPS) is 47.7. The molecule has 1 N–H and O–H groups in total. The molecule has 2 aliphatic carbocycles. The molecule has 19 heavy (non-hydrogen) atoms. The number of nitrogens with one attached hydrogen (secondary N) is 1. The summed E-state index contributed by atoms with van der Waals surface area (Å²) in [5, 5.41) is 2.02. The van der Waals surface area contributed by atoms with Gasteiger partial charge in [0.1, 0.15) is 6.54 Å². The Morgan fingerprint density at radius 3 is 2.63 bits per heavy atom. The molecule has 2 saturated carbocycles. The SMILES string of the molecule is C[C@@]12CC[C@@H]3C[C@@]1(C(=O)NCC(F)(F)F)OC[C@@]32C. The minimum absolute atomic E-state index is 0.0669. The van der Waals surface area contributed by atoms with Gasteiger partial charge in [0.2, 0.25) is 0 Å². The molecule has 0 aromatic rings. The molecule has 0 radical (unpaired) electrons. The van der Waals surface area contributed by atoms with E-state index in [4.69, 9.17) is 4.74 Å². The number of amides is 1. The zero-order valence-corrected chi connectivity index (χ0v) is 11.1. The Morgan fingerprint density at radius 1 is 1.42 bits per heavy atom. The Labute approximate surface area is 109 Å². The first-order valence-corrected chi connectivity index (χ1v) is 6.64. The monoisotopic (exact) mass is 277 g/mol. The van der Waals surface area contributed by atoms with Gasteiger partial charge in [-0.15, -0.1) is 0 Å². The van der Waals surface area contributed by atoms with Gasteiger partial charge in [-0.05, 0) is 25.2 Å². The lowest BCUT2D eigenvalue weighted by molar-refractivity contribution is -0.163. The predicted molar refractivity (Wildman–Crippen MR) is 61.3 cm³/mol. The molecule has 1 heterocycles. The summed E-state index contributed by atoms with van der Waals surface area (Å²) in [6.45, 7) is 3.30. The lowest BCUT2D eigenvalue weighted by Gasteiger charge is -2.40. The zero-order chi connectivity index (χ0) is 14.1. The fourth-order valence-corrected chi connectivity index (χ4v) is 4.58. The molecule has 3 fully saturated rings. The summed E-state index contributed by atoms with van der Waals surface area (Å²) >= 11 is 0. The van der Waals surface area contributed by atoms with Gasteiger partial charge in [-0.1, -0.05) is 13.8 Å². The third-order valence-corrected chi connectivity index (χ3v) is 6.01. The van der Waals surface area contributed by atoms with E-state index in [1.165, 1.54) is 0 Å². The summed E-state index contributed by atoms with van der Waals surface area (Å²) < 4.78 is 42.5. The van der Waals surface area contributed by atoms with E-state index in [0.717, 1.165) is 12.8 Å². The van der Waals surface area contributed by atoms with Crippen molar-refractivity contribution >= 4 is 5.91 Å². The molecule has 1 aliphatic heterocycles. The summed E-state index contributed by atoms with van der Waals surface area (Å²) in [6.07, 6.45) is -1.92. The topological polar surface area (TPSA) is 38.3 Å². The number of hydrogen-bond acceptors (Lipinski definition) is 2. The molecule has 4 atom stereocenters. The highest BCUT2D eigenvalue weighted by atomic mass is 19.4. The van der Waals surface area contributed by atoms with Gasteiger partial charge < -0.3 is 10.1 Å². The van der Waals surface area contributed by atoms with Crippen LogP contribution in [0.3, 0.4) is 0 Å². The van der Waals surface area contributed by atoms with Crippen molar-refractivity contribution < 1.29 is 22.7 Å². The first kappa shape index (κ1) is 13.2. The first-order valence-electron chi connectivity index (χ1n) is 6.64. The van der Waals surface area contributed by atoms with Crippen LogP contribution >= 0.6 is 0 Å². The van der Waals surface area contributed by atoms with Crippen molar-refractivity contribution in [2.24, 2.45) is 16.7 Å². The lowest BCUT2D eigenvalue weighted by Crippen LogP contribution is -2.56. The van der Waals surface area contributed by atoms with E-state index < -0.39 is 24.2 Å². The maximum absolute atomic E-state index is 12.3. The number of alkyl halides is 3. The maximum Gasteiger partial charge on any atom is 0.405 e. The van der Waals surface area contributed by atoms with Gasteiger partial charge >= 0.3 is 6.18 Å². The number of carbonyl (C=O) groups excluding carboxylic acids is 1. The van der Waals surface area contributed by atoms with Crippen molar-refractivity contribution in [3.05, 3.63) is 0 Å². The minimum Gasteiger partial charge on any atom is -0.364 e. The second-order valence-corrected chi connectivity index (χ2v) is 6.60. The number of rotatable bonds is 2. The second kappa shape index (κ2) is 3.45. The van der Waals surface area contributed by atoms with E-state index in [1.54, 1.807) is 0 Å². The van der Waals surface area contributed by atoms with Gasteiger partial charge in [-0.25, -0.2) is 0 Å². The number of hydrogen-bond donors (Lipinski definition) is 1. The molecule has 1 saturated heterocycles. The van der Waals surface area contributed by atoms with E-state index in [1.807, 2.05) is 12.2 Å². The van der Waals surface area contributed by atoms with Crippen LogP contribution in [0.5, 0.6) is 0 Å². The highest BCUT2D eigenvalue weighted by molar-refractivity contribution is 5.88. The standard InChI is InChI=1S/C13H18F3NO2/c1-10-7-19-12(9(18)17-6-13(14,15)16)5-8(10)3-4-11(10,12)2/h8H,3-7H2,1-2H3,(H,17,18)/t8-,10+,11+,12+/m1/s1. The van der Waals surface area contributed by atoms with Crippen LogP contribution in [-0.2, 0) is 9.53 Å². The smallest absolute Gasteiger partial charge is 0.364 e. The van der Waals surface area contributed by atoms with E-state index >= 15 is 0 Å². The third-order valence-electron chi connectivity index (χ3n) is 6.01. The molecular weight excluding hydrogens is 259 g/mol. The van der Waals surface area contributed by atoms with Crippen LogP contribution in [0.2, 0.25) is 0 Å². The fourth-order valence-electron chi connectivity index (χ4n) is 4.58. The summed E-state index contributed by atoms with van der Waals surface area (Å²) in [5.41, 5.74) is -1.45. The van der Waals surface area contributed by atoms with Crippen molar-refractivity contribution in [2.45, 2.75) is 44.9 Å². The Morgan fingerprint density at radius 2 is 2.11 bits per heavy atom. The average Bonchev–Trinajstić information content (AvgIpc) is 2.77. The van der Waals surface area contributed by atoms with Gasteiger partial charge in [-0.2, -0.15) is 13.2 Å². The first-order chi connectivity index (χ1) is 8.65. The maximum atomic E-state index is 12.3. The van der Waals surface area contributed by atoms with Crippen LogP contribution in [-0.4, -0.2) is 30.8 Å². The van der Waals surface area contributed by atoms with Crippen molar-refractivity contribution in [3.63, 3.8) is 0 Å². The van der Waals surface area contributed by atoms with Crippen LogP contribution in [0.15, 0.2) is 0 Å². The van der Waals surface area contributed by atoms with Gasteiger partial charge in [0.25, 0.3) is 5.91 Å². The molecule has 3 nitrogen and oxygen atoms in total. The zero-order valence-electron chi connectivity index (χ0n) is 11.1. The Balaban J connectivity index is 1.84.